The number of ether oxygens (including phenoxy) is 1. The summed E-state index contributed by atoms with van der Waals surface area (Å²) >= 11 is 6.09. The summed E-state index contributed by atoms with van der Waals surface area (Å²) in [6.07, 6.45) is 0.224. The van der Waals surface area contributed by atoms with Gasteiger partial charge < -0.3 is 10.5 Å². The monoisotopic (exact) mass is 289 g/mol. The van der Waals surface area contributed by atoms with Crippen molar-refractivity contribution in [3.05, 3.63) is 28.8 Å². The lowest BCUT2D eigenvalue weighted by Crippen LogP contribution is -2.18. The number of halogens is 1. The van der Waals surface area contributed by atoms with E-state index in [0.29, 0.717) is 17.2 Å². The van der Waals surface area contributed by atoms with Gasteiger partial charge in [-0.1, -0.05) is 17.7 Å². The van der Waals surface area contributed by atoms with E-state index in [2.05, 4.69) is 0 Å². The van der Waals surface area contributed by atoms with Crippen LogP contribution >= 0.6 is 11.6 Å². The maximum absolute atomic E-state index is 11.3. The molecule has 4 nitrogen and oxygen atoms in total. The molecular formula is C12H16ClNO3S. The topological polar surface area (TPSA) is 69.4 Å². The Labute approximate surface area is 112 Å². The van der Waals surface area contributed by atoms with Gasteiger partial charge in [0.2, 0.25) is 0 Å². The van der Waals surface area contributed by atoms with Crippen LogP contribution in [0.5, 0.6) is 5.75 Å². The molecule has 0 spiro atoms. The number of sulfone groups is 1. The van der Waals surface area contributed by atoms with Crippen LogP contribution in [-0.4, -0.2) is 26.0 Å². The van der Waals surface area contributed by atoms with Crippen LogP contribution in [0.15, 0.2) is 18.2 Å². The third kappa shape index (κ3) is 3.16. The molecule has 1 fully saturated rings. The predicted molar refractivity (Wildman–Crippen MR) is 71.7 cm³/mol. The molecule has 0 bridgehead atoms. The van der Waals surface area contributed by atoms with Gasteiger partial charge in [-0.2, -0.15) is 0 Å². The van der Waals surface area contributed by atoms with E-state index in [0.717, 1.165) is 5.56 Å². The molecular weight excluding hydrogens is 274 g/mol. The standard InChI is InChI=1S/C12H16ClNO3S/c1-8(14)9-2-3-12(11(13)6-9)17-10-4-5-18(15,16)7-10/h2-3,6,8,10H,4-5,7,14H2,1H3/t8-,10?/m1/s1. The van der Waals surface area contributed by atoms with E-state index in [1.165, 1.54) is 0 Å². The highest BCUT2D eigenvalue weighted by Gasteiger charge is 2.29. The molecule has 0 radical (unpaired) electrons. The molecule has 1 aliphatic heterocycles. The molecule has 1 unspecified atom stereocenters. The first-order valence-corrected chi connectivity index (χ1v) is 7.99. The Morgan fingerprint density at radius 3 is 2.72 bits per heavy atom. The number of hydrogen-bond donors (Lipinski definition) is 1. The molecule has 18 heavy (non-hydrogen) atoms. The lowest BCUT2D eigenvalue weighted by atomic mass is 10.1. The fraction of sp³-hybridized carbons (Fsp3) is 0.500. The molecule has 2 N–H and O–H groups in total. The molecule has 0 aliphatic carbocycles. The second-order valence-corrected chi connectivity index (χ2v) is 7.26. The molecule has 0 amide bonds. The molecule has 1 aromatic carbocycles. The molecule has 2 rings (SSSR count). The van der Waals surface area contributed by atoms with Crippen molar-refractivity contribution in [2.24, 2.45) is 5.73 Å². The van der Waals surface area contributed by atoms with E-state index in [4.69, 9.17) is 22.1 Å². The highest BCUT2D eigenvalue weighted by atomic mass is 35.5. The van der Waals surface area contributed by atoms with Gasteiger partial charge in [-0.05, 0) is 31.0 Å². The van der Waals surface area contributed by atoms with Crippen LogP contribution in [0.3, 0.4) is 0 Å². The summed E-state index contributed by atoms with van der Waals surface area (Å²) in [6.45, 7) is 1.87. The van der Waals surface area contributed by atoms with E-state index in [9.17, 15) is 8.42 Å². The minimum Gasteiger partial charge on any atom is -0.488 e. The summed E-state index contributed by atoms with van der Waals surface area (Å²) in [5.74, 6) is 0.772. The summed E-state index contributed by atoms with van der Waals surface area (Å²) in [5, 5.41) is 0.467. The van der Waals surface area contributed by atoms with Crippen LogP contribution in [0.1, 0.15) is 24.9 Å². The minimum absolute atomic E-state index is 0.0678. The molecule has 1 aromatic rings. The van der Waals surface area contributed by atoms with Crippen molar-refractivity contribution in [3.63, 3.8) is 0 Å². The van der Waals surface area contributed by atoms with E-state index < -0.39 is 9.84 Å². The van der Waals surface area contributed by atoms with E-state index >= 15 is 0 Å². The first-order valence-electron chi connectivity index (χ1n) is 5.79. The average Bonchev–Trinajstić information content (AvgIpc) is 2.61. The van der Waals surface area contributed by atoms with Crippen molar-refractivity contribution in [2.45, 2.75) is 25.5 Å². The van der Waals surface area contributed by atoms with Crippen LogP contribution in [0.25, 0.3) is 0 Å². The molecule has 100 valence electrons. The van der Waals surface area contributed by atoms with Crippen LogP contribution < -0.4 is 10.5 Å². The van der Waals surface area contributed by atoms with E-state index in [-0.39, 0.29) is 23.7 Å². The number of hydrogen-bond acceptors (Lipinski definition) is 4. The van der Waals surface area contributed by atoms with Gasteiger partial charge in [-0.15, -0.1) is 0 Å². The van der Waals surface area contributed by atoms with Crippen molar-refractivity contribution in [1.82, 2.24) is 0 Å². The average molecular weight is 290 g/mol. The molecule has 6 heteroatoms. The van der Waals surface area contributed by atoms with Crippen molar-refractivity contribution < 1.29 is 13.2 Å². The number of nitrogens with two attached hydrogens (primary N) is 1. The first kappa shape index (κ1) is 13.6. The third-order valence-corrected chi connectivity index (χ3v) is 5.00. The third-order valence-electron chi connectivity index (χ3n) is 2.97. The zero-order valence-electron chi connectivity index (χ0n) is 10.1. The SMILES string of the molecule is C[C@@H](N)c1ccc(OC2CCS(=O)(=O)C2)c(Cl)c1. The number of benzene rings is 1. The quantitative estimate of drug-likeness (QED) is 0.923. The van der Waals surface area contributed by atoms with Crippen molar-refractivity contribution in [3.8, 4) is 5.75 Å². The highest BCUT2D eigenvalue weighted by molar-refractivity contribution is 7.91. The van der Waals surface area contributed by atoms with Gasteiger partial charge in [-0.3, -0.25) is 0 Å². The zero-order valence-corrected chi connectivity index (χ0v) is 11.7. The minimum atomic E-state index is -2.94. The van der Waals surface area contributed by atoms with Gasteiger partial charge in [0.1, 0.15) is 11.9 Å². The largest absolute Gasteiger partial charge is 0.488 e. The van der Waals surface area contributed by atoms with Gasteiger partial charge in [0.05, 0.1) is 16.5 Å². The molecule has 1 heterocycles. The molecule has 1 saturated heterocycles. The van der Waals surface area contributed by atoms with Gasteiger partial charge in [0, 0.05) is 6.04 Å². The second-order valence-electron chi connectivity index (χ2n) is 4.62. The Bertz CT molecular complexity index is 542. The van der Waals surface area contributed by atoms with Crippen molar-refractivity contribution in [1.29, 1.82) is 0 Å². The molecule has 0 aromatic heterocycles. The summed E-state index contributed by atoms with van der Waals surface area (Å²) in [6, 6.07) is 5.25. The maximum atomic E-state index is 11.3. The normalized spacial score (nSPS) is 23.8. The lowest BCUT2D eigenvalue weighted by molar-refractivity contribution is 0.229. The second kappa shape index (κ2) is 5.07. The van der Waals surface area contributed by atoms with Gasteiger partial charge in [0.25, 0.3) is 0 Å². The van der Waals surface area contributed by atoms with E-state index in [1.807, 2.05) is 13.0 Å². The van der Waals surface area contributed by atoms with Gasteiger partial charge >= 0.3 is 0 Å². The highest BCUT2D eigenvalue weighted by Crippen LogP contribution is 2.29. The summed E-state index contributed by atoms with van der Waals surface area (Å²) in [7, 11) is -2.94. The van der Waals surface area contributed by atoms with Crippen LogP contribution in [0, 0.1) is 0 Å². The lowest BCUT2D eigenvalue weighted by Gasteiger charge is -2.15. The van der Waals surface area contributed by atoms with Crippen LogP contribution in [0.4, 0.5) is 0 Å². The Morgan fingerprint density at radius 1 is 1.50 bits per heavy atom. The zero-order chi connectivity index (χ0) is 13.3. The first-order chi connectivity index (χ1) is 8.37. The van der Waals surface area contributed by atoms with Crippen LogP contribution in [-0.2, 0) is 9.84 Å². The Morgan fingerprint density at radius 2 is 2.22 bits per heavy atom. The Kier molecular flexibility index (Phi) is 3.84. The predicted octanol–water partition coefficient (Wildman–Crippen LogP) is 1.93. The molecule has 1 aliphatic rings. The van der Waals surface area contributed by atoms with Gasteiger partial charge in [-0.25, -0.2) is 8.42 Å². The fourth-order valence-corrected chi connectivity index (χ4v) is 3.75. The summed E-state index contributed by atoms with van der Waals surface area (Å²) < 4.78 is 28.3. The van der Waals surface area contributed by atoms with Crippen LogP contribution in [0.2, 0.25) is 5.02 Å². The fourth-order valence-electron chi connectivity index (χ4n) is 1.93. The Hall–Kier alpha value is -0.780. The van der Waals surface area contributed by atoms with E-state index in [1.54, 1.807) is 12.1 Å². The molecule has 2 atom stereocenters. The smallest absolute Gasteiger partial charge is 0.154 e. The van der Waals surface area contributed by atoms with Crippen molar-refractivity contribution in [2.75, 3.05) is 11.5 Å². The summed E-state index contributed by atoms with van der Waals surface area (Å²) in [5.41, 5.74) is 6.68. The Balaban J connectivity index is 2.11. The molecule has 0 saturated carbocycles. The summed E-state index contributed by atoms with van der Waals surface area (Å²) in [4.78, 5) is 0. The maximum Gasteiger partial charge on any atom is 0.154 e. The van der Waals surface area contributed by atoms with Gasteiger partial charge in [0.15, 0.2) is 9.84 Å². The number of rotatable bonds is 3. The van der Waals surface area contributed by atoms with Crippen molar-refractivity contribution >= 4 is 21.4 Å².